The summed E-state index contributed by atoms with van der Waals surface area (Å²) in [5, 5.41) is 8.69. The molecular weight excluding hydrogens is 212 g/mol. The summed E-state index contributed by atoms with van der Waals surface area (Å²) in [5.41, 5.74) is 1.59. The van der Waals surface area contributed by atoms with Crippen LogP contribution in [0.3, 0.4) is 0 Å². The van der Waals surface area contributed by atoms with E-state index < -0.39 is 5.97 Å². The second-order valence-electron chi connectivity index (χ2n) is 4.52. The third-order valence-corrected chi connectivity index (χ3v) is 2.62. The number of benzene rings is 1. The summed E-state index contributed by atoms with van der Waals surface area (Å²) in [6.45, 7) is 2.17. The van der Waals surface area contributed by atoms with Gasteiger partial charge in [-0.15, -0.1) is 0 Å². The first kappa shape index (κ1) is 13.8. The number of aromatic carboxylic acids is 1. The van der Waals surface area contributed by atoms with Gasteiger partial charge in [0.2, 0.25) is 0 Å². The number of carbonyl (C=O) groups is 1. The van der Waals surface area contributed by atoms with Gasteiger partial charge in [0.15, 0.2) is 0 Å². The fraction of sp³-hybridized carbons (Fsp3) is 0.533. The van der Waals surface area contributed by atoms with Crippen LogP contribution >= 0.6 is 0 Å². The third kappa shape index (κ3) is 6.77. The van der Waals surface area contributed by atoms with Crippen molar-refractivity contribution in [3.8, 4) is 0 Å². The maximum atomic E-state index is 10.6. The lowest BCUT2D eigenvalue weighted by molar-refractivity contribution is 0.0697. The molecule has 0 unspecified atom stereocenters. The van der Waals surface area contributed by atoms with Gasteiger partial charge in [0, 0.05) is 0 Å². The van der Waals surface area contributed by atoms with Crippen LogP contribution in [0.1, 0.15) is 61.4 Å². The summed E-state index contributed by atoms with van der Waals surface area (Å²) in [7, 11) is 0. The topological polar surface area (TPSA) is 37.3 Å². The second-order valence-corrected chi connectivity index (χ2v) is 4.52. The molecule has 1 saturated carbocycles. The molecule has 1 N–H and O–H groups in total. The SMILES string of the molecule is C1CC1.CCCCCc1ccc(C(=O)O)cc1. The zero-order valence-corrected chi connectivity index (χ0v) is 10.6. The Hall–Kier alpha value is -1.31. The van der Waals surface area contributed by atoms with E-state index in [9.17, 15) is 4.79 Å². The summed E-state index contributed by atoms with van der Waals surface area (Å²) in [6.07, 6.45) is 9.19. The van der Waals surface area contributed by atoms with E-state index >= 15 is 0 Å². The summed E-state index contributed by atoms with van der Waals surface area (Å²) in [5.74, 6) is -0.856. The van der Waals surface area contributed by atoms with Crippen LogP contribution in [0, 0.1) is 0 Å². The van der Waals surface area contributed by atoms with E-state index in [4.69, 9.17) is 5.11 Å². The quantitative estimate of drug-likeness (QED) is 0.772. The fourth-order valence-electron chi connectivity index (χ4n) is 1.39. The minimum absolute atomic E-state index is 0.365. The van der Waals surface area contributed by atoms with Gasteiger partial charge in [-0.3, -0.25) is 0 Å². The zero-order chi connectivity index (χ0) is 12.5. The number of rotatable bonds is 5. The largest absolute Gasteiger partial charge is 0.478 e. The van der Waals surface area contributed by atoms with Crippen LogP contribution in [0.2, 0.25) is 0 Å². The molecule has 0 saturated heterocycles. The fourth-order valence-corrected chi connectivity index (χ4v) is 1.39. The molecule has 0 heterocycles. The average Bonchev–Trinajstić information content (AvgIpc) is 3.18. The van der Waals surface area contributed by atoms with Crippen LogP contribution < -0.4 is 0 Å². The van der Waals surface area contributed by atoms with Crippen LogP contribution in [0.15, 0.2) is 24.3 Å². The molecule has 2 heteroatoms. The third-order valence-electron chi connectivity index (χ3n) is 2.62. The maximum absolute atomic E-state index is 10.6. The Morgan fingerprint density at radius 2 is 1.71 bits per heavy atom. The summed E-state index contributed by atoms with van der Waals surface area (Å²) >= 11 is 0. The van der Waals surface area contributed by atoms with Crippen LogP contribution in [-0.4, -0.2) is 11.1 Å². The van der Waals surface area contributed by atoms with Gasteiger partial charge in [-0.2, -0.15) is 0 Å². The van der Waals surface area contributed by atoms with E-state index in [1.54, 1.807) is 12.1 Å². The first-order valence-electron chi connectivity index (χ1n) is 6.56. The van der Waals surface area contributed by atoms with Gasteiger partial charge in [-0.1, -0.05) is 51.2 Å². The van der Waals surface area contributed by atoms with Crippen LogP contribution in [0.4, 0.5) is 0 Å². The minimum Gasteiger partial charge on any atom is -0.478 e. The first-order valence-corrected chi connectivity index (χ1v) is 6.56. The van der Waals surface area contributed by atoms with Crippen molar-refractivity contribution < 1.29 is 9.90 Å². The first-order chi connectivity index (χ1) is 8.24. The van der Waals surface area contributed by atoms with Crippen molar-refractivity contribution in [1.29, 1.82) is 0 Å². The Kier molecular flexibility index (Phi) is 6.38. The molecule has 0 atom stereocenters. The van der Waals surface area contributed by atoms with Gasteiger partial charge >= 0.3 is 5.97 Å². The van der Waals surface area contributed by atoms with Gasteiger partial charge in [0.05, 0.1) is 5.56 Å². The highest BCUT2D eigenvalue weighted by Gasteiger charge is 2.00. The highest BCUT2D eigenvalue weighted by molar-refractivity contribution is 5.87. The molecule has 2 rings (SSSR count). The second kappa shape index (κ2) is 7.88. The molecule has 0 spiro atoms. The van der Waals surface area contributed by atoms with Gasteiger partial charge < -0.3 is 5.11 Å². The van der Waals surface area contributed by atoms with Crippen LogP contribution in [0.5, 0.6) is 0 Å². The molecule has 1 aromatic carbocycles. The molecular formula is C15H22O2. The number of hydrogen-bond donors (Lipinski definition) is 1. The Morgan fingerprint density at radius 3 is 2.12 bits per heavy atom. The summed E-state index contributed by atoms with van der Waals surface area (Å²) in [6, 6.07) is 7.14. The standard InChI is InChI=1S/C12H16O2.C3H6/c1-2-3-4-5-10-6-8-11(9-7-10)12(13)14;1-2-3-1/h6-9H,2-5H2,1H3,(H,13,14);1-3H2. The van der Waals surface area contributed by atoms with Gasteiger partial charge in [0.25, 0.3) is 0 Å². The minimum atomic E-state index is -0.856. The van der Waals surface area contributed by atoms with Crippen molar-refractivity contribution in [3.05, 3.63) is 35.4 Å². The Labute approximate surface area is 104 Å². The normalized spacial score (nSPS) is 12.5. The molecule has 0 amide bonds. The van der Waals surface area contributed by atoms with E-state index in [0.29, 0.717) is 5.56 Å². The van der Waals surface area contributed by atoms with E-state index in [-0.39, 0.29) is 0 Å². The lowest BCUT2D eigenvalue weighted by Crippen LogP contribution is -1.96. The lowest BCUT2D eigenvalue weighted by atomic mass is 10.1. The molecule has 0 aliphatic heterocycles. The lowest BCUT2D eigenvalue weighted by Gasteiger charge is -2.00. The Balaban J connectivity index is 0.000000415. The highest BCUT2D eigenvalue weighted by atomic mass is 16.4. The Bertz CT molecular complexity index is 323. The number of carboxylic acid groups (broad SMARTS) is 1. The van der Waals surface area contributed by atoms with Gasteiger partial charge in [-0.25, -0.2) is 4.79 Å². The highest BCUT2D eigenvalue weighted by Crippen LogP contribution is 2.14. The van der Waals surface area contributed by atoms with E-state index in [1.165, 1.54) is 44.1 Å². The molecule has 0 radical (unpaired) electrons. The zero-order valence-electron chi connectivity index (χ0n) is 10.6. The number of aryl methyl sites for hydroxylation is 1. The van der Waals surface area contributed by atoms with E-state index in [1.807, 2.05) is 12.1 Å². The van der Waals surface area contributed by atoms with Crippen molar-refractivity contribution in [2.24, 2.45) is 0 Å². The summed E-state index contributed by atoms with van der Waals surface area (Å²) in [4.78, 5) is 10.6. The predicted octanol–water partition coefficient (Wildman–Crippen LogP) is 4.29. The predicted molar refractivity (Wildman–Crippen MR) is 70.5 cm³/mol. The van der Waals surface area contributed by atoms with Crippen LogP contribution in [0.25, 0.3) is 0 Å². The molecule has 1 fully saturated rings. The molecule has 17 heavy (non-hydrogen) atoms. The molecule has 1 aromatic rings. The average molecular weight is 234 g/mol. The van der Waals surface area contributed by atoms with Crippen molar-refractivity contribution >= 4 is 5.97 Å². The molecule has 94 valence electrons. The van der Waals surface area contributed by atoms with Crippen molar-refractivity contribution in [1.82, 2.24) is 0 Å². The smallest absolute Gasteiger partial charge is 0.335 e. The van der Waals surface area contributed by atoms with Crippen molar-refractivity contribution in [2.75, 3.05) is 0 Å². The monoisotopic (exact) mass is 234 g/mol. The van der Waals surface area contributed by atoms with Crippen LogP contribution in [-0.2, 0) is 6.42 Å². The summed E-state index contributed by atoms with van der Waals surface area (Å²) < 4.78 is 0. The maximum Gasteiger partial charge on any atom is 0.335 e. The molecule has 0 bridgehead atoms. The molecule has 2 nitrogen and oxygen atoms in total. The van der Waals surface area contributed by atoms with Crippen molar-refractivity contribution in [2.45, 2.75) is 51.9 Å². The van der Waals surface area contributed by atoms with Crippen molar-refractivity contribution in [3.63, 3.8) is 0 Å². The molecule has 0 aromatic heterocycles. The molecule has 1 aliphatic carbocycles. The van der Waals surface area contributed by atoms with Gasteiger partial charge in [-0.05, 0) is 30.5 Å². The number of carboxylic acids is 1. The number of unbranched alkanes of at least 4 members (excludes halogenated alkanes) is 2. The van der Waals surface area contributed by atoms with E-state index in [0.717, 1.165) is 6.42 Å². The number of hydrogen-bond acceptors (Lipinski definition) is 1. The van der Waals surface area contributed by atoms with Gasteiger partial charge in [0.1, 0.15) is 0 Å². The molecule has 1 aliphatic rings. The van der Waals surface area contributed by atoms with E-state index in [2.05, 4.69) is 6.92 Å². The Morgan fingerprint density at radius 1 is 1.12 bits per heavy atom.